The summed E-state index contributed by atoms with van der Waals surface area (Å²) in [6.45, 7) is 1.95. The molecule has 2 amide bonds. The topological polar surface area (TPSA) is 163 Å². The first-order valence-corrected chi connectivity index (χ1v) is 12.9. The van der Waals surface area contributed by atoms with Gasteiger partial charge in [-0.3, -0.25) is 35.2 Å². The summed E-state index contributed by atoms with van der Waals surface area (Å²) >= 11 is 6.28. The van der Waals surface area contributed by atoms with Crippen molar-refractivity contribution in [2.24, 2.45) is 0 Å². The summed E-state index contributed by atoms with van der Waals surface area (Å²) in [6, 6.07) is 14.0. The molecule has 1 fully saturated rings. The maximum absolute atomic E-state index is 13.0. The average Bonchev–Trinajstić information content (AvgIpc) is 3.21. The number of carbonyl (C=O) groups is 2. The molecule has 3 aromatic rings. The second kappa shape index (κ2) is 12.4. The normalized spacial score (nSPS) is 13.7. The molecule has 0 aromatic heterocycles. The van der Waals surface area contributed by atoms with Crippen molar-refractivity contribution < 1.29 is 33.6 Å². The summed E-state index contributed by atoms with van der Waals surface area (Å²) in [4.78, 5) is 46.9. The van der Waals surface area contributed by atoms with Crippen molar-refractivity contribution in [1.29, 1.82) is 0 Å². The third-order valence-corrected chi connectivity index (χ3v) is 6.80. The number of rotatable bonds is 10. The number of hydrazine groups is 1. The number of non-ortho nitro benzene ring substituents is 1. The lowest BCUT2D eigenvalue weighted by Gasteiger charge is -2.15. The molecule has 0 spiro atoms. The van der Waals surface area contributed by atoms with Crippen LogP contribution in [0.3, 0.4) is 0 Å². The number of hydrogen-bond acceptors (Lipinski definition) is 11. The zero-order valence-electron chi connectivity index (χ0n) is 21.4. The third kappa shape index (κ3) is 6.59. The van der Waals surface area contributed by atoms with Gasteiger partial charge in [-0.2, -0.15) is 5.01 Å². The molecule has 0 bridgehead atoms. The van der Waals surface area contributed by atoms with E-state index in [1.54, 1.807) is 49.4 Å². The highest BCUT2D eigenvalue weighted by molar-refractivity contribution is 8.26. The van der Waals surface area contributed by atoms with Crippen LogP contribution in [-0.2, 0) is 4.79 Å². The summed E-state index contributed by atoms with van der Waals surface area (Å²) in [5.74, 6) is -0.406. The van der Waals surface area contributed by atoms with Crippen LogP contribution in [0.2, 0.25) is 0 Å². The van der Waals surface area contributed by atoms with Gasteiger partial charge in [0.2, 0.25) is 5.75 Å². The Bertz CT molecular complexity index is 1590. The van der Waals surface area contributed by atoms with Gasteiger partial charge < -0.3 is 14.2 Å². The second-order valence-corrected chi connectivity index (χ2v) is 9.77. The Labute approximate surface area is 242 Å². The molecule has 0 saturated carbocycles. The SMILES string of the molecule is CCOc1cc(/C=C2/SC(=S)N(NC(=O)c3ccc(OC)cc3)C2=O)ccc1Oc1ccc([N+](=O)[O-])cc1[N+](=O)[O-]. The van der Waals surface area contributed by atoms with Crippen molar-refractivity contribution in [3.05, 3.63) is 96.9 Å². The van der Waals surface area contributed by atoms with Crippen LogP contribution in [-0.4, -0.2) is 44.7 Å². The fraction of sp³-hybridized carbons (Fsp3) is 0.115. The number of methoxy groups -OCH3 is 1. The van der Waals surface area contributed by atoms with E-state index in [1.165, 1.54) is 13.2 Å². The van der Waals surface area contributed by atoms with Crippen molar-refractivity contribution in [2.45, 2.75) is 6.92 Å². The summed E-state index contributed by atoms with van der Waals surface area (Å²) in [6.07, 6.45) is 1.54. The first kappa shape index (κ1) is 29.0. The molecule has 1 aliphatic heterocycles. The minimum Gasteiger partial charge on any atom is -0.497 e. The van der Waals surface area contributed by atoms with Gasteiger partial charge in [0.15, 0.2) is 15.8 Å². The summed E-state index contributed by atoms with van der Waals surface area (Å²) in [7, 11) is 1.50. The quantitative estimate of drug-likeness (QED) is 0.141. The van der Waals surface area contributed by atoms with E-state index in [9.17, 15) is 29.8 Å². The van der Waals surface area contributed by atoms with Gasteiger partial charge in [-0.05, 0) is 73.2 Å². The van der Waals surface area contributed by atoms with Gasteiger partial charge >= 0.3 is 5.69 Å². The van der Waals surface area contributed by atoms with E-state index in [1.807, 2.05) is 0 Å². The van der Waals surface area contributed by atoms with Gasteiger partial charge in [0.1, 0.15) is 5.75 Å². The van der Waals surface area contributed by atoms with E-state index in [2.05, 4.69) is 5.43 Å². The Kier molecular flexibility index (Phi) is 8.79. The molecule has 0 aliphatic carbocycles. The van der Waals surface area contributed by atoms with Crippen LogP contribution < -0.4 is 19.6 Å². The van der Waals surface area contributed by atoms with Gasteiger partial charge in [0.25, 0.3) is 17.5 Å². The largest absolute Gasteiger partial charge is 0.497 e. The molecular weight excluding hydrogens is 576 g/mol. The lowest BCUT2D eigenvalue weighted by Crippen LogP contribution is -2.44. The third-order valence-electron chi connectivity index (χ3n) is 5.49. The predicted molar refractivity (Wildman–Crippen MR) is 153 cm³/mol. The average molecular weight is 597 g/mol. The molecule has 0 atom stereocenters. The van der Waals surface area contributed by atoms with Crippen LogP contribution in [0.15, 0.2) is 65.6 Å². The van der Waals surface area contributed by atoms with Crippen LogP contribution in [0.1, 0.15) is 22.8 Å². The first-order valence-electron chi connectivity index (χ1n) is 11.7. The maximum atomic E-state index is 13.0. The zero-order valence-corrected chi connectivity index (χ0v) is 23.0. The van der Waals surface area contributed by atoms with E-state index in [4.69, 9.17) is 26.4 Å². The van der Waals surface area contributed by atoms with E-state index in [-0.39, 0.29) is 33.1 Å². The van der Waals surface area contributed by atoms with Crippen molar-refractivity contribution in [2.75, 3.05) is 13.7 Å². The monoisotopic (exact) mass is 596 g/mol. The number of thiocarbonyl (C=S) groups is 1. The Morgan fingerprint density at radius 2 is 1.73 bits per heavy atom. The molecule has 3 aromatic carbocycles. The smallest absolute Gasteiger partial charge is 0.318 e. The number of hydrogen-bond donors (Lipinski definition) is 1. The highest BCUT2D eigenvalue weighted by atomic mass is 32.2. The number of amides is 2. The van der Waals surface area contributed by atoms with Gasteiger partial charge in [-0.25, -0.2) is 0 Å². The number of nitrogens with one attached hydrogen (secondary N) is 1. The fourth-order valence-corrected chi connectivity index (χ4v) is 4.74. The molecule has 1 aliphatic rings. The highest BCUT2D eigenvalue weighted by Gasteiger charge is 2.34. The first-order chi connectivity index (χ1) is 19.6. The number of nitro groups is 2. The standard InChI is InChI=1S/C26H20N4O9S2/c1-3-38-22-12-15(4-10-21(22)39-20-11-7-17(29(33)34)14-19(20)30(35)36)13-23-25(32)28(26(40)41-23)27-24(31)16-5-8-18(37-2)9-6-16/h4-14H,3H2,1-2H3,(H,27,31)/b23-13+. The van der Waals surface area contributed by atoms with Crippen molar-refractivity contribution in [3.63, 3.8) is 0 Å². The predicted octanol–water partition coefficient (Wildman–Crippen LogP) is 5.25. The number of ether oxygens (including phenoxy) is 3. The summed E-state index contributed by atoms with van der Waals surface area (Å²) in [5, 5.41) is 23.5. The van der Waals surface area contributed by atoms with Crippen LogP contribution in [0.25, 0.3) is 6.08 Å². The molecule has 0 unspecified atom stereocenters. The van der Waals surface area contributed by atoms with Crippen molar-refractivity contribution >= 4 is 57.6 Å². The van der Waals surface area contributed by atoms with Gasteiger partial charge in [0, 0.05) is 11.6 Å². The summed E-state index contributed by atoms with van der Waals surface area (Å²) in [5.41, 5.74) is 2.27. The Hall–Kier alpha value is -5.02. The number of thioether (sulfide) groups is 1. The Balaban J connectivity index is 1.55. The lowest BCUT2D eigenvalue weighted by molar-refractivity contribution is -0.394. The van der Waals surface area contributed by atoms with E-state index < -0.39 is 33.0 Å². The molecule has 13 nitrogen and oxygen atoms in total. The van der Waals surface area contributed by atoms with Crippen LogP contribution in [0.5, 0.6) is 23.0 Å². The minimum atomic E-state index is -0.785. The number of nitrogens with zero attached hydrogens (tertiary/aromatic N) is 3. The van der Waals surface area contributed by atoms with Gasteiger partial charge in [0.05, 0.1) is 34.5 Å². The zero-order chi connectivity index (χ0) is 29.7. The van der Waals surface area contributed by atoms with Crippen LogP contribution in [0, 0.1) is 20.2 Å². The Morgan fingerprint density at radius 1 is 1.02 bits per heavy atom. The van der Waals surface area contributed by atoms with Crippen LogP contribution in [0.4, 0.5) is 11.4 Å². The van der Waals surface area contributed by atoms with Crippen LogP contribution >= 0.6 is 24.0 Å². The second-order valence-electron chi connectivity index (χ2n) is 8.09. The molecule has 210 valence electrons. The molecule has 0 radical (unpaired) electrons. The minimum absolute atomic E-state index is 0.111. The lowest BCUT2D eigenvalue weighted by atomic mass is 10.1. The van der Waals surface area contributed by atoms with Crippen molar-refractivity contribution in [1.82, 2.24) is 10.4 Å². The molecule has 1 saturated heterocycles. The van der Waals surface area contributed by atoms with Gasteiger partial charge in [-0.1, -0.05) is 17.8 Å². The maximum Gasteiger partial charge on any atom is 0.318 e. The van der Waals surface area contributed by atoms with Crippen molar-refractivity contribution in [3.8, 4) is 23.0 Å². The highest BCUT2D eigenvalue weighted by Crippen LogP contribution is 2.39. The summed E-state index contributed by atoms with van der Waals surface area (Å²) < 4.78 is 16.5. The Morgan fingerprint density at radius 3 is 2.37 bits per heavy atom. The number of carbonyl (C=O) groups excluding carboxylic acids is 2. The van der Waals surface area contributed by atoms with Gasteiger partial charge in [-0.15, -0.1) is 0 Å². The van der Waals surface area contributed by atoms with E-state index in [0.717, 1.165) is 35.0 Å². The molecule has 1 N–H and O–H groups in total. The van der Waals surface area contributed by atoms with E-state index >= 15 is 0 Å². The molecule has 41 heavy (non-hydrogen) atoms. The number of benzene rings is 3. The molecule has 4 rings (SSSR count). The molecule has 1 heterocycles. The van der Waals surface area contributed by atoms with E-state index in [0.29, 0.717) is 16.9 Å². The molecular formula is C26H20N4O9S2. The molecule has 15 heteroatoms. The fourth-order valence-electron chi connectivity index (χ4n) is 3.56. The number of nitro benzene ring substituents is 2.